The van der Waals surface area contributed by atoms with Gasteiger partial charge in [0.15, 0.2) is 0 Å². The van der Waals surface area contributed by atoms with E-state index in [0.717, 1.165) is 35.4 Å². The number of pyridine rings is 1. The van der Waals surface area contributed by atoms with Crippen molar-refractivity contribution in [3.8, 4) is 17.0 Å². The standard InChI is InChI=1S/C21H18F3N3O/c22-21(23,24)16-9-11(28)5-6-14(16)20-13-4-2-1-3-12(13)19-15(10-25)17(26)7-8-18(19)27-20/h5-10,25,28H,1-4,26H2. The van der Waals surface area contributed by atoms with E-state index in [1.807, 2.05) is 0 Å². The van der Waals surface area contributed by atoms with Crippen molar-refractivity contribution in [2.24, 2.45) is 0 Å². The molecule has 0 radical (unpaired) electrons. The first-order chi connectivity index (χ1) is 13.3. The number of nitrogens with zero attached hydrogens (tertiary/aromatic N) is 1. The number of nitrogens with one attached hydrogen (secondary N) is 1. The molecule has 4 N–H and O–H groups in total. The van der Waals surface area contributed by atoms with Gasteiger partial charge >= 0.3 is 6.18 Å². The summed E-state index contributed by atoms with van der Waals surface area (Å²) in [5.74, 6) is -0.440. The molecule has 1 aromatic heterocycles. The number of fused-ring (bicyclic) bond motifs is 3. The average molecular weight is 385 g/mol. The number of alkyl halides is 3. The van der Waals surface area contributed by atoms with Crippen LogP contribution in [0.5, 0.6) is 5.75 Å². The number of anilines is 1. The Labute approximate surface area is 159 Å². The van der Waals surface area contributed by atoms with Crippen molar-refractivity contribution in [3.63, 3.8) is 0 Å². The zero-order valence-corrected chi connectivity index (χ0v) is 14.9. The maximum Gasteiger partial charge on any atom is 0.417 e. The van der Waals surface area contributed by atoms with Crippen molar-refractivity contribution in [1.82, 2.24) is 4.98 Å². The van der Waals surface area contributed by atoms with Gasteiger partial charge in [-0.3, -0.25) is 0 Å². The lowest BCUT2D eigenvalue weighted by atomic mass is 9.84. The number of hydrogen-bond acceptors (Lipinski definition) is 4. The van der Waals surface area contributed by atoms with Crippen LogP contribution in [0.25, 0.3) is 22.2 Å². The Balaban J connectivity index is 2.11. The lowest BCUT2D eigenvalue weighted by Gasteiger charge is -2.24. The predicted octanol–water partition coefficient (Wildman–Crippen LogP) is 5.08. The van der Waals surface area contributed by atoms with Crippen LogP contribution in [0.4, 0.5) is 18.9 Å². The molecule has 4 nitrogen and oxygen atoms in total. The van der Waals surface area contributed by atoms with Crippen LogP contribution in [0.3, 0.4) is 0 Å². The van der Waals surface area contributed by atoms with Crippen LogP contribution in [0, 0.1) is 5.41 Å². The highest BCUT2D eigenvalue weighted by Crippen LogP contribution is 2.43. The Hall–Kier alpha value is -3.09. The van der Waals surface area contributed by atoms with E-state index >= 15 is 0 Å². The average Bonchev–Trinajstić information content (AvgIpc) is 2.67. The van der Waals surface area contributed by atoms with Gasteiger partial charge in [0, 0.05) is 28.4 Å². The van der Waals surface area contributed by atoms with Crippen molar-refractivity contribution in [2.45, 2.75) is 31.9 Å². The van der Waals surface area contributed by atoms with Crippen LogP contribution in [0.2, 0.25) is 0 Å². The zero-order valence-electron chi connectivity index (χ0n) is 14.9. The number of nitrogens with two attached hydrogens (primary N) is 1. The summed E-state index contributed by atoms with van der Waals surface area (Å²) in [7, 11) is 0. The molecule has 0 bridgehead atoms. The van der Waals surface area contributed by atoms with Gasteiger partial charge < -0.3 is 16.2 Å². The number of nitrogen functional groups attached to an aromatic ring is 1. The highest BCUT2D eigenvalue weighted by atomic mass is 19.4. The van der Waals surface area contributed by atoms with Crippen molar-refractivity contribution < 1.29 is 18.3 Å². The van der Waals surface area contributed by atoms with E-state index in [-0.39, 0.29) is 11.3 Å². The molecule has 2 aromatic carbocycles. The van der Waals surface area contributed by atoms with Gasteiger partial charge in [0.05, 0.1) is 16.8 Å². The molecular weight excluding hydrogens is 367 g/mol. The van der Waals surface area contributed by atoms with Crippen LogP contribution in [0.15, 0.2) is 30.3 Å². The highest BCUT2D eigenvalue weighted by Gasteiger charge is 2.35. The summed E-state index contributed by atoms with van der Waals surface area (Å²) in [4.78, 5) is 4.57. The monoisotopic (exact) mass is 385 g/mol. The van der Waals surface area contributed by atoms with Gasteiger partial charge in [-0.1, -0.05) is 0 Å². The van der Waals surface area contributed by atoms with Gasteiger partial charge in [-0.25, -0.2) is 4.98 Å². The number of hydrogen-bond donors (Lipinski definition) is 3. The molecule has 1 aliphatic carbocycles. The van der Waals surface area contributed by atoms with E-state index in [0.29, 0.717) is 29.6 Å². The summed E-state index contributed by atoms with van der Waals surface area (Å²) < 4.78 is 40.9. The molecule has 0 saturated heterocycles. The van der Waals surface area contributed by atoms with Crippen LogP contribution in [-0.4, -0.2) is 16.3 Å². The Bertz CT molecular complexity index is 1110. The number of aryl methyl sites for hydroxylation is 1. The molecule has 1 aliphatic rings. The normalized spacial score (nSPS) is 14.1. The number of phenolic OH excluding ortho intramolecular Hbond substituents is 1. The first-order valence-electron chi connectivity index (χ1n) is 8.96. The molecule has 0 fully saturated rings. The molecule has 0 saturated carbocycles. The van der Waals surface area contributed by atoms with Gasteiger partial charge in [0.25, 0.3) is 0 Å². The molecule has 28 heavy (non-hydrogen) atoms. The van der Waals surface area contributed by atoms with E-state index in [1.165, 1.54) is 18.3 Å². The molecule has 7 heteroatoms. The fraction of sp³-hybridized carbons (Fsp3) is 0.238. The molecule has 1 heterocycles. The molecule has 4 rings (SSSR count). The topological polar surface area (TPSA) is 83.0 Å². The maximum absolute atomic E-state index is 13.6. The molecular formula is C21H18F3N3O. The maximum atomic E-state index is 13.6. The van der Waals surface area contributed by atoms with E-state index in [1.54, 1.807) is 12.1 Å². The summed E-state index contributed by atoms with van der Waals surface area (Å²) in [6.45, 7) is 0. The number of aromatic nitrogens is 1. The highest BCUT2D eigenvalue weighted by molar-refractivity contribution is 6.05. The second-order valence-electron chi connectivity index (χ2n) is 6.96. The first-order valence-corrected chi connectivity index (χ1v) is 8.96. The molecule has 3 aromatic rings. The van der Waals surface area contributed by atoms with E-state index in [4.69, 9.17) is 11.1 Å². The van der Waals surface area contributed by atoms with E-state index in [2.05, 4.69) is 4.98 Å². The zero-order chi connectivity index (χ0) is 20.1. The molecule has 0 amide bonds. The van der Waals surface area contributed by atoms with E-state index in [9.17, 15) is 18.3 Å². The summed E-state index contributed by atoms with van der Waals surface area (Å²) in [6.07, 6.45) is -0.361. The molecule has 0 atom stereocenters. The number of benzene rings is 2. The molecule has 0 unspecified atom stereocenters. The van der Waals surface area contributed by atoms with Crippen LogP contribution >= 0.6 is 0 Å². The fourth-order valence-electron chi connectivity index (χ4n) is 4.02. The minimum absolute atomic E-state index is 0.0430. The third kappa shape index (κ3) is 2.87. The number of aromatic hydroxyl groups is 1. The number of rotatable bonds is 2. The second-order valence-corrected chi connectivity index (χ2v) is 6.96. The van der Waals surface area contributed by atoms with Crippen molar-refractivity contribution in [3.05, 3.63) is 52.6 Å². The Morgan fingerprint density at radius 2 is 1.79 bits per heavy atom. The van der Waals surface area contributed by atoms with E-state index < -0.39 is 17.5 Å². The molecule has 0 spiro atoms. The van der Waals surface area contributed by atoms with Gasteiger partial charge in [0.2, 0.25) is 0 Å². The summed E-state index contributed by atoms with van der Waals surface area (Å²) in [6, 6.07) is 6.57. The van der Waals surface area contributed by atoms with Gasteiger partial charge in [0.1, 0.15) is 5.75 Å². The Morgan fingerprint density at radius 3 is 2.46 bits per heavy atom. The minimum Gasteiger partial charge on any atom is -0.508 e. The first kappa shape index (κ1) is 18.3. The van der Waals surface area contributed by atoms with Gasteiger partial charge in [-0.2, -0.15) is 13.2 Å². The Morgan fingerprint density at radius 1 is 1.07 bits per heavy atom. The van der Waals surface area contributed by atoms with Crippen LogP contribution in [0.1, 0.15) is 35.1 Å². The lowest BCUT2D eigenvalue weighted by Crippen LogP contribution is -2.12. The number of phenols is 1. The summed E-state index contributed by atoms with van der Waals surface area (Å²) in [5, 5.41) is 18.1. The quantitative estimate of drug-likeness (QED) is 0.425. The smallest absolute Gasteiger partial charge is 0.417 e. The van der Waals surface area contributed by atoms with Gasteiger partial charge in [-0.05, 0) is 67.1 Å². The van der Waals surface area contributed by atoms with Crippen LogP contribution < -0.4 is 5.73 Å². The second kappa shape index (κ2) is 6.51. The molecule has 0 aliphatic heterocycles. The summed E-state index contributed by atoms with van der Waals surface area (Å²) >= 11 is 0. The minimum atomic E-state index is -4.62. The largest absolute Gasteiger partial charge is 0.508 e. The predicted molar refractivity (Wildman–Crippen MR) is 103 cm³/mol. The lowest BCUT2D eigenvalue weighted by molar-refractivity contribution is -0.137. The van der Waals surface area contributed by atoms with Crippen LogP contribution in [-0.2, 0) is 19.0 Å². The molecule has 144 valence electrons. The van der Waals surface area contributed by atoms with Crippen molar-refractivity contribution in [2.75, 3.05) is 5.73 Å². The third-order valence-electron chi connectivity index (χ3n) is 5.25. The Kier molecular flexibility index (Phi) is 4.25. The SMILES string of the molecule is N=Cc1c(N)ccc2nc(-c3ccc(O)cc3C(F)(F)F)c3c(c12)CCCC3. The van der Waals surface area contributed by atoms with Crippen molar-refractivity contribution >= 4 is 22.8 Å². The summed E-state index contributed by atoms with van der Waals surface area (Å²) in [5.41, 5.74) is 8.56. The fourth-order valence-corrected chi connectivity index (χ4v) is 4.02. The number of halogens is 3. The third-order valence-corrected chi connectivity index (χ3v) is 5.25. The van der Waals surface area contributed by atoms with Gasteiger partial charge in [-0.15, -0.1) is 0 Å². The van der Waals surface area contributed by atoms with Crippen molar-refractivity contribution in [1.29, 1.82) is 5.41 Å².